The van der Waals surface area contributed by atoms with Gasteiger partial charge in [-0.2, -0.15) is 0 Å². The molecule has 0 heterocycles. The monoisotopic (exact) mass is 318 g/mol. The highest BCUT2D eigenvalue weighted by Gasteiger charge is 1.57. The molecule has 1 aromatic carbocycles. The Balaban J connectivity index is -0.0000000195. The van der Waals surface area contributed by atoms with Gasteiger partial charge in [0.2, 0.25) is 0 Å². The zero-order valence-corrected chi connectivity index (χ0v) is 9.65. The molecular formula is C8H13F11. The van der Waals surface area contributed by atoms with E-state index in [2.05, 4.69) is 0 Å². The van der Waals surface area contributed by atoms with Crippen molar-refractivity contribution in [3.8, 4) is 0 Å². The average Bonchev–Trinajstić information content (AvgIpc) is 2.60. The van der Waals surface area contributed by atoms with Gasteiger partial charge in [0.1, 0.15) is 0 Å². The normalized spacial score (nSPS) is 4.42. The van der Waals surface area contributed by atoms with Crippen LogP contribution in [0, 0.1) is 0 Å². The van der Waals surface area contributed by atoms with Crippen LogP contribution in [-0.2, 0) is 0 Å². The van der Waals surface area contributed by atoms with Crippen molar-refractivity contribution in [1.82, 2.24) is 0 Å². The van der Waals surface area contributed by atoms with E-state index in [-0.39, 0.29) is 4.70 Å². The molecule has 0 amide bonds. The molecule has 122 valence electrons. The molecule has 0 radical (unpaired) electrons. The van der Waals surface area contributed by atoms with Crippen LogP contribution in [-0.4, -0.2) is 0 Å². The number of hydrogen-bond donors (Lipinski definition) is 0. The van der Waals surface area contributed by atoms with E-state index in [9.17, 15) is 0 Å². The van der Waals surface area contributed by atoms with E-state index in [1.807, 2.05) is 50.2 Å². The Labute approximate surface area is 102 Å². The maximum Gasteiger partial charge on any atom is 0 e. The lowest BCUT2D eigenvalue weighted by Gasteiger charge is -1.69. The Morgan fingerprint density at radius 3 is 0.474 bits per heavy atom. The van der Waals surface area contributed by atoms with Gasteiger partial charge in [0.25, 0.3) is 0 Å². The van der Waals surface area contributed by atoms with Crippen LogP contribution in [0.1, 0.15) is 13.8 Å². The first-order valence-electron chi connectivity index (χ1n) is 3.71. The van der Waals surface area contributed by atoms with Gasteiger partial charge in [0.05, 0.1) is 0 Å². The van der Waals surface area contributed by atoms with Crippen molar-refractivity contribution in [2.45, 2.75) is 13.8 Å². The molecule has 0 saturated heterocycles. The third kappa shape index (κ3) is 173. The van der Waals surface area contributed by atoms with Gasteiger partial charge in [0.15, 0.2) is 0 Å². The van der Waals surface area contributed by atoms with Gasteiger partial charge in [-0.15, -0.1) is 0 Å². The lowest BCUT2D eigenvalue weighted by atomic mass is 10.4. The summed E-state index contributed by atoms with van der Waals surface area (Å²) >= 11 is 0. The van der Waals surface area contributed by atoms with E-state index in [1.165, 1.54) is 0 Å². The Morgan fingerprint density at radius 2 is 0.421 bits per heavy atom. The van der Waals surface area contributed by atoms with Crippen LogP contribution in [0.2, 0.25) is 0 Å². The summed E-state index contributed by atoms with van der Waals surface area (Å²) in [6, 6.07) is 12.0. The second kappa shape index (κ2) is 198. The predicted octanol–water partition coefficient (Wildman–Crippen LogP) is 7.07. The lowest BCUT2D eigenvalue weighted by Crippen LogP contribution is -1.47. The van der Waals surface area contributed by atoms with Crippen molar-refractivity contribution in [2.24, 2.45) is 0 Å². The van der Waals surface area contributed by atoms with E-state index in [1.54, 1.807) is 0 Å². The van der Waals surface area contributed by atoms with Gasteiger partial charge < -0.3 is 0 Å². The highest BCUT2D eigenvalue weighted by Crippen LogP contribution is 1.79. The van der Waals surface area contributed by atoms with Crippen LogP contribution < -0.4 is 0 Å². The number of hydrogen-bond acceptors (Lipinski definition) is 0. The first-order chi connectivity index (χ1) is 9.00. The summed E-state index contributed by atoms with van der Waals surface area (Å²) in [4.78, 5) is 0. The first kappa shape index (κ1) is 43.2. The van der Waals surface area contributed by atoms with Gasteiger partial charge in [0, 0.05) is 45.7 Å². The maximum atomic E-state index is 8.00. The fourth-order valence-electron chi connectivity index (χ4n) is 0.385. The highest BCUT2D eigenvalue weighted by molar-refractivity contribution is 4.99. The SMILES string of the molecule is CC.F.FF.FF.FF.FF.FF.c1ccccc1. The maximum absolute atomic E-state index is 8.00. The molecule has 1 aromatic rings. The Hall–Kier alpha value is -1.55. The third-order valence-corrected chi connectivity index (χ3v) is 0.667. The molecule has 0 aromatic heterocycles. The van der Waals surface area contributed by atoms with Crippen LogP contribution in [0.3, 0.4) is 0 Å². The molecule has 0 unspecified atom stereocenters. The minimum Gasteiger partial charge on any atom is -0.269 e. The number of rotatable bonds is 0. The second-order valence-electron chi connectivity index (χ2n) is 1.15. The average molecular weight is 318 g/mol. The fourth-order valence-corrected chi connectivity index (χ4v) is 0.385. The molecule has 0 atom stereocenters. The quantitative estimate of drug-likeness (QED) is 0.449. The summed E-state index contributed by atoms with van der Waals surface area (Å²) < 4.78 is 80.0. The van der Waals surface area contributed by atoms with E-state index >= 15 is 0 Å². The van der Waals surface area contributed by atoms with Crippen LogP contribution in [0.25, 0.3) is 0 Å². The zero-order chi connectivity index (χ0) is 16.2. The molecule has 11 heteroatoms. The van der Waals surface area contributed by atoms with E-state index < -0.39 is 0 Å². The van der Waals surface area contributed by atoms with Gasteiger partial charge >= 0.3 is 0 Å². The zero-order valence-electron chi connectivity index (χ0n) is 9.65. The van der Waals surface area contributed by atoms with Crippen molar-refractivity contribution in [3.63, 3.8) is 0 Å². The molecule has 0 aliphatic heterocycles. The summed E-state index contributed by atoms with van der Waals surface area (Å²) in [6.07, 6.45) is 0. The topological polar surface area (TPSA) is 0 Å². The first-order valence-corrected chi connectivity index (χ1v) is 3.71. The smallest absolute Gasteiger partial charge is 0 e. The molecule has 19 heavy (non-hydrogen) atoms. The van der Waals surface area contributed by atoms with E-state index in [4.69, 9.17) is 45.7 Å². The van der Waals surface area contributed by atoms with E-state index in [0.717, 1.165) is 0 Å². The van der Waals surface area contributed by atoms with Crippen molar-refractivity contribution >= 4 is 0 Å². The summed E-state index contributed by atoms with van der Waals surface area (Å²) in [5.41, 5.74) is 0. The molecule has 0 spiro atoms. The van der Waals surface area contributed by atoms with Crippen molar-refractivity contribution in [1.29, 1.82) is 0 Å². The largest absolute Gasteiger partial charge is 0.269 e. The van der Waals surface area contributed by atoms with Crippen molar-refractivity contribution in [3.05, 3.63) is 36.4 Å². The number of benzene rings is 1. The highest BCUT2D eigenvalue weighted by atomic mass is 20.0. The summed E-state index contributed by atoms with van der Waals surface area (Å²) in [5, 5.41) is 0. The molecule has 0 fully saturated rings. The van der Waals surface area contributed by atoms with Crippen molar-refractivity contribution in [2.75, 3.05) is 0 Å². The van der Waals surface area contributed by atoms with E-state index in [0.29, 0.717) is 0 Å². The molecule has 0 aliphatic carbocycles. The summed E-state index contributed by atoms with van der Waals surface area (Å²) in [6.45, 7) is 4.00. The Kier molecular flexibility index (Phi) is 451. The van der Waals surface area contributed by atoms with Gasteiger partial charge in [-0.3, -0.25) is 4.70 Å². The molecule has 1 rings (SSSR count). The van der Waals surface area contributed by atoms with Crippen LogP contribution in [0.5, 0.6) is 0 Å². The molecule has 0 bridgehead atoms. The lowest BCUT2D eigenvalue weighted by molar-refractivity contribution is 0.108. The fraction of sp³-hybridized carbons (Fsp3) is 0.250. The summed E-state index contributed by atoms with van der Waals surface area (Å²) in [5.74, 6) is 0. The Morgan fingerprint density at radius 1 is 0.368 bits per heavy atom. The molecule has 0 saturated carbocycles. The van der Waals surface area contributed by atoms with Gasteiger partial charge in [-0.05, 0) is 0 Å². The Bertz CT molecular complexity index is 90.6. The van der Waals surface area contributed by atoms with Gasteiger partial charge in [-0.25, -0.2) is 0 Å². The third-order valence-electron chi connectivity index (χ3n) is 0.667. The number of halogens is 11. The van der Waals surface area contributed by atoms with Crippen molar-refractivity contribution < 1.29 is 50.4 Å². The minimum atomic E-state index is 0. The standard InChI is InChI=1S/C6H6.C2H6.5F2.FH/c1-2-4-6-5-3-1;6*1-2;/h1-6H;1-2H3;;;;;;1H. The molecule has 0 nitrogen and oxygen atoms in total. The van der Waals surface area contributed by atoms with Crippen LogP contribution in [0.4, 0.5) is 50.4 Å². The van der Waals surface area contributed by atoms with Crippen LogP contribution >= 0.6 is 0 Å². The van der Waals surface area contributed by atoms with Crippen LogP contribution in [0.15, 0.2) is 36.4 Å². The minimum absolute atomic E-state index is 0. The summed E-state index contributed by atoms with van der Waals surface area (Å²) in [7, 11) is 0. The van der Waals surface area contributed by atoms with Gasteiger partial charge in [-0.1, -0.05) is 50.2 Å². The molecular weight excluding hydrogens is 305 g/mol. The second-order valence-corrected chi connectivity index (χ2v) is 1.15. The predicted molar refractivity (Wildman–Crippen MR) is 51.4 cm³/mol. The molecule has 0 aliphatic rings. The molecule has 0 N–H and O–H groups in total.